The molecule has 1 fully saturated rings. The van der Waals surface area contributed by atoms with E-state index in [0.29, 0.717) is 30.0 Å². The lowest BCUT2D eigenvalue weighted by molar-refractivity contribution is 0.0773. The van der Waals surface area contributed by atoms with Crippen molar-refractivity contribution in [2.75, 3.05) is 41.7 Å². The Bertz CT molecular complexity index is 893. The number of hydrogen-bond acceptors (Lipinski definition) is 3. The van der Waals surface area contributed by atoms with Gasteiger partial charge in [0.05, 0.1) is 5.56 Å². The van der Waals surface area contributed by atoms with Gasteiger partial charge < -0.3 is 20.4 Å². The standard InChI is InChI=1S/C23H29FN4O2/c1-3-27(4-2)22(29)20-16-19(11-12-21(20)28-13-6-5-7-14-28)26-23(30)25-18-10-8-9-17(24)15-18/h8-12,15-16H,3-7,13-14H2,1-2H3,(H2,25,26,30). The predicted molar refractivity (Wildman–Crippen MR) is 119 cm³/mol. The van der Waals surface area contributed by atoms with Crippen LogP contribution in [0, 0.1) is 5.82 Å². The fourth-order valence-corrected chi connectivity index (χ4v) is 3.74. The Morgan fingerprint density at radius 2 is 1.63 bits per heavy atom. The van der Waals surface area contributed by atoms with Crippen molar-refractivity contribution in [3.8, 4) is 0 Å². The summed E-state index contributed by atoms with van der Waals surface area (Å²) in [4.78, 5) is 29.5. The maximum atomic E-state index is 13.3. The van der Waals surface area contributed by atoms with E-state index in [-0.39, 0.29) is 5.91 Å². The fourth-order valence-electron chi connectivity index (χ4n) is 3.74. The molecule has 0 saturated carbocycles. The number of rotatable bonds is 6. The zero-order valence-corrected chi connectivity index (χ0v) is 17.6. The Morgan fingerprint density at radius 1 is 0.967 bits per heavy atom. The summed E-state index contributed by atoms with van der Waals surface area (Å²) < 4.78 is 13.3. The normalized spacial score (nSPS) is 13.6. The Kier molecular flexibility index (Phi) is 7.27. The van der Waals surface area contributed by atoms with Gasteiger partial charge in [-0.1, -0.05) is 6.07 Å². The molecular formula is C23H29FN4O2. The Morgan fingerprint density at radius 3 is 2.27 bits per heavy atom. The molecule has 2 aromatic carbocycles. The van der Waals surface area contributed by atoms with E-state index in [9.17, 15) is 14.0 Å². The molecule has 0 spiro atoms. The molecule has 6 nitrogen and oxygen atoms in total. The van der Waals surface area contributed by atoms with Crippen molar-refractivity contribution in [1.29, 1.82) is 0 Å². The highest BCUT2D eigenvalue weighted by atomic mass is 19.1. The van der Waals surface area contributed by atoms with Gasteiger partial charge in [-0.3, -0.25) is 4.79 Å². The van der Waals surface area contributed by atoms with Crippen LogP contribution >= 0.6 is 0 Å². The monoisotopic (exact) mass is 412 g/mol. The highest BCUT2D eigenvalue weighted by molar-refractivity contribution is 6.04. The van der Waals surface area contributed by atoms with E-state index in [4.69, 9.17) is 0 Å². The molecule has 3 rings (SSSR count). The Labute approximate surface area is 177 Å². The molecule has 1 aliphatic rings. The average Bonchev–Trinajstić information content (AvgIpc) is 2.75. The smallest absolute Gasteiger partial charge is 0.323 e. The highest BCUT2D eigenvalue weighted by Gasteiger charge is 2.22. The number of carbonyl (C=O) groups excluding carboxylic acids is 2. The molecular weight excluding hydrogens is 383 g/mol. The lowest BCUT2D eigenvalue weighted by Crippen LogP contribution is -2.35. The lowest BCUT2D eigenvalue weighted by atomic mass is 10.1. The number of hydrogen-bond donors (Lipinski definition) is 2. The van der Waals surface area contributed by atoms with Crippen LogP contribution in [0.3, 0.4) is 0 Å². The van der Waals surface area contributed by atoms with Gasteiger partial charge >= 0.3 is 6.03 Å². The number of nitrogens with one attached hydrogen (secondary N) is 2. The van der Waals surface area contributed by atoms with Gasteiger partial charge in [0, 0.05) is 43.2 Å². The first-order valence-corrected chi connectivity index (χ1v) is 10.5. The minimum atomic E-state index is -0.493. The van der Waals surface area contributed by atoms with Crippen LogP contribution in [0.25, 0.3) is 0 Å². The van der Waals surface area contributed by atoms with Crippen LogP contribution < -0.4 is 15.5 Å². The molecule has 2 aromatic rings. The molecule has 3 amide bonds. The van der Waals surface area contributed by atoms with Crippen molar-refractivity contribution in [1.82, 2.24) is 4.90 Å². The summed E-state index contributed by atoms with van der Waals surface area (Å²) in [6.07, 6.45) is 3.42. The lowest BCUT2D eigenvalue weighted by Gasteiger charge is -2.31. The number of nitrogens with zero attached hydrogens (tertiary/aromatic N) is 2. The van der Waals surface area contributed by atoms with Crippen molar-refractivity contribution >= 4 is 29.0 Å². The molecule has 0 aliphatic carbocycles. The summed E-state index contributed by atoms with van der Waals surface area (Å²) in [6.45, 7) is 6.99. The fraction of sp³-hybridized carbons (Fsp3) is 0.391. The van der Waals surface area contributed by atoms with Crippen LogP contribution in [0.4, 0.5) is 26.2 Å². The summed E-state index contributed by atoms with van der Waals surface area (Å²) in [6, 6.07) is 10.6. The maximum Gasteiger partial charge on any atom is 0.323 e. The van der Waals surface area contributed by atoms with Gasteiger partial charge in [0.2, 0.25) is 0 Å². The molecule has 160 valence electrons. The summed E-state index contributed by atoms with van der Waals surface area (Å²) in [5.41, 5.74) is 2.36. The summed E-state index contributed by atoms with van der Waals surface area (Å²) >= 11 is 0. The largest absolute Gasteiger partial charge is 0.371 e. The quantitative estimate of drug-likeness (QED) is 0.706. The summed E-state index contributed by atoms with van der Waals surface area (Å²) in [5, 5.41) is 5.36. The second kappa shape index (κ2) is 10.1. The SMILES string of the molecule is CCN(CC)C(=O)c1cc(NC(=O)Nc2cccc(F)c2)ccc1N1CCCCC1. The molecule has 1 heterocycles. The summed E-state index contributed by atoms with van der Waals surface area (Å²) in [5.74, 6) is -0.472. The number of carbonyl (C=O) groups is 2. The summed E-state index contributed by atoms with van der Waals surface area (Å²) in [7, 11) is 0. The number of benzene rings is 2. The van der Waals surface area contributed by atoms with Crippen LogP contribution in [0.2, 0.25) is 0 Å². The van der Waals surface area contributed by atoms with Crippen molar-refractivity contribution in [2.24, 2.45) is 0 Å². The molecule has 0 radical (unpaired) electrons. The molecule has 1 aliphatic heterocycles. The minimum absolute atomic E-state index is 0.0465. The van der Waals surface area contributed by atoms with Gasteiger partial charge in [-0.25, -0.2) is 9.18 Å². The van der Waals surface area contributed by atoms with Crippen LogP contribution in [-0.2, 0) is 0 Å². The zero-order valence-electron chi connectivity index (χ0n) is 17.6. The van der Waals surface area contributed by atoms with Gasteiger partial charge in [0.1, 0.15) is 5.82 Å². The van der Waals surface area contributed by atoms with Crippen LogP contribution in [-0.4, -0.2) is 43.0 Å². The van der Waals surface area contributed by atoms with Gasteiger partial charge in [-0.2, -0.15) is 0 Å². The van der Waals surface area contributed by atoms with Crippen LogP contribution in [0.15, 0.2) is 42.5 Å². The first-order chi connectivity index (χ1) is 14.5. The highest BCUT2D eigenvalue weighted by Crippen LogP contribution is 2.28. The van der Waals surface area contributed by atoms with E-state index in [0.717, 1.165) is 31.6 Å². The average molecular weight is 413 g/mol. The maximum absolute atomic E-state index is 13.3. The second-order valence-electron chi connectivity index (χ2n) is 7.35. The van der Waals surface area contributed by atoms with Crippen molar-refractivity contribution in [3.63, 3.8) is 0 Å². The molecule has 2 N–H and O–H groups in total. The van der Waals surface area contributed by atoms with Crippen molar-refractivity contribution in [3.05, 3.63) is 53.8 Å². The van der Waals surface area contributed by atoms with Crippen LogP contribution in [0.5, 0.6) is 0 Å². The third kappa shape index (κ3) is 5.28. The molecule has 0 unspecified atom stereocenters. The zero-order chi connectivity index (χ0) is 21.5. The number of urea groups is 1. The van der Waals surface area contributed by atoms with E-state index in [1.807, 2.05) is 19.9 Å². The van der Waals surface area contributed by atoms with E-state index in [2.05, 4.69) is 15.5 Å². The first kappa shape index (κ1) is 21.6. The number of anilines is 3. The van der Waals surface area contributed by atoms with E-state index in [1.165, 1.54) is 24.6 Å². The topological polar surface area (TPSA) is 64.7 Å². The Hall–Kier alpha value is -3.09. The predicted octanol–water partition coefficient (Wildman–Crippen LogP) is 4.94. The van der Waals surface area contributed by atoms with Gasteiger partial charge in [-0.15, -0.1) is 0 Å². The number of piperidine rings is 1. The molecule has 0 aromatic heterocycles. The van der Waals surface area contributed by atoms with E-state index >= 15 is 0 Å². The van der Waals surface area contributed by atoms with Crippen molar-refractivity contribution < 1.29 is 14.0 Å². The number of amides is 3. The second-order valence-corrected chi connectivity index (χ2v) is 7.35. The van der Waals surface area contributed by atoms with E-state index in [1.54, 1.807) is 23.1 Å². The molecule has 1 saturated heterocycles. The third-order valence-corrected chi connectivity index (χ3v) is 5.31. The van der Waals surface area contributed by atoms with Gasteiger partial charge in [0.25, 0.3) is 5.91 Å². The van der Waals surface area contributed by atoms with Crippen molar-refractivity contribution in [2.45, 2.75) is 33.1 Å². The number of halogens is 1. The molecule has 0 atom stereocenters. The van der Waals surface area contributed by atoms with E-state index < -0.39 is 11.8 Å². The van der Waals surface area contributed by atoms with Crippen LogP contribution in [0.1, 0.15) is 43.5 Å². The molecule has 30 heavy (non-hydrogen) atoms. The molecule has 0 bridgehead atoms. The first-order valence-electron chi connectivity index (χ1n) is 10.5. The molecule has 7 heteroatoms. The van der Waals surface area contributed by atoms with Gasteiger partial charge in [0.15, 0.2) is 0 Å². The third-order valence-electron chi connectivity index (χ3n) is 5.31. The Balaban J connectivity index is 1.83. The van der Waals surface area contributed by atoms with Gasteiger partial charge in [-0.05, 0) is 69.5 Å². The minimum Gasteiger partial charge on any atom is -0.371 e.